The molecular formula is C13H13BrN4OS. The zero-order chi connectivity index (χ0) is 14.7. The summed E-state index contributed by atoms with van der Waals surface area (Å²) in [6.07, 6.45) is 1.73. The fourth-order valence-electron chi connectivity index (χ4n) is 1.77. The van der Waals surface area contributed by atoms with Gasteiger partial charge in [-0.05, 0) is 48.0 Å². The van der Waals surface area contributed by atoms with E-state index in [2.05, 4.69) is 31.1 Å². The Morgan fingerprint density at radius 3 is 2.75 bits per heavy atom. The van der Waals surface area contributed by atoms with Crippen molar-refractivity contribution >= 4 is 33.5 Å². The van der Waals surface area contributed by atoms with Crippen LogP contribution in [0.3, 0.4) is 0 Å². The van der Waals surface area contributed by atoms with Crippen LogP contribution in [0, 0.1) is 13.8 Å². The minimum absolute atomic E-state index is 0.0506. The van der Waals surface area contributed by atoms with Crippen molar-refractivity contribution in [3.63, 3.8) is 0 Å². The first-order valence-corrected chi connectivity index (χ1v) is 7.37. The summed E-state index contributed by atoms with van der Waals surface area (Å²) in [4.78, 5) is 9.52. The average Bonchev–Trinajstić information content (AvgIpc) is 2.40. The van der Waals surface area contributed by atoms with Gasteiger partial charge in [-0.1, -0.05) is 16.9 Å². The van der Waals surface area contributed by atoms with Crippen molar-refractivity contribution in [1.29, 1.82) is 0 Å². The summed E-state index contributed by atoms with van der Waals surface area (Å²) in [5.74, 6) is 0.0506. The van der Waals surface area contributed by atoms with Gasteiger partial charge >= 0.3 is 0 Å². The Kier molecular flexibility index (Phi) is 4.61. The van der Waals surface area contributed by atoms with E-state index < -0.39 is 0 Å². The summed E-state index contributed by atoms with van der Waals surface area (Å²) < 4.78 is 0.917. The maximum Gasteiger partial charge on any atom is 0.173 e. The van der Waals surface area contributed by atoms with Crippen molar-refractivity contribution in [2.24, 2.45) is 10.9 Å². The number of oxime groups is 1. The van der Waals surface area contributed by atoms with Gasteiger partial charge in [0.15, 0.2) is 5.84 Å². The summed E-state index contributed by atoms with van der Waals surface area (Å²) in [5, 5.41) is 12.8. The van der Waals surface area contributed by atoms with Gasteiger partial charge in [-0.15, -0.1) is 0 Å². The molecule has 0 unspecified atom stereocenters. The molecule has 2 heterocycles. The van der Waals surface area contributed by atoms with Crippen molar-refractivity contribution in [2.75, 3.05) is 0 Å². The van der Waals surface area contributed by atoms with Crippen LogP contribution in [-0.2, 0) is 0 Å². The average molecular weight is 353 g/mol. The molecule has 2 aromatic rings. The predicted octanol–water partition coefficient (Wildman–Crippen LogP) is 3.10. The standard InChI is InChI=1S/C13H13BrN4OS/c1-7-5-10(12(8(2)17-7)13(15)18-19)20-11-4-3-9(14)6-16-11/h3-6,19H,1-2H3,(H2,15,18). The van der Waals surface area contributed by atoms with E-state index in [9.17, 15) is 0 Å². The molecule has 0 aromatic carbocycles. The molecule has 104 valence electrons. The van der Waals surface area contributed by atoms with Crippen molar-refractivity contribution in [2.45, 2.75) is 23.8 Å². The molecule has 5 nitrogen and oxygen atoms in total. The fourth-order valence-corrected chi connectivity index (χ4v) is 3.06. The smallest absolute Gasteiger partial charge is 0.173 e. The number of rotatable bonds is 3. The van der Waals surface area contributed by atoms with Gasteiger partial charge in [0.05, 0.1) is 5.56 Å². The van der Waals surface area contributed by atoms with Gasteiger partial charge in [-0.25, -0.2) is 4.98 Å². The summed E-state index contributed by atoms with van der Waals surface area (Å²) in [6.45, 7) is 3.74. The summed E-state index contributed by atoms with van der Waals surface area (Å²) in [7, 11) is 0. The third-order valence-electron chi connectivity index (χ3n) is 2.57. The van der Waals surface area contributed by atoms with Crippen LogP contribution in [-0.4, -0.2) is 21.0 Å². The normalized spacial score (nSPS) is 11.7. The topological polar surface area (TPSA) is 84.4 Å². The lowest BCUT2D eigenvalue weighted by atomic mass is 10.1. The van der Waals surface area contributed by atoms with Crippen molar-refractivity contribution in [1.82, 2.24) is 9.97 Å². The first-order valence-electron chi connectivity index (χ1n) is 5.77. The minimum atomic E-state index is 0.0506. The van der Waals surface area contributed by atoms with E-state index >= 15 is 0 Å². The van der Waals surface area contributed by atoms with Crippen LogP contribution in [0.15, 0.2) is 43.9 Å². The minimum Gasteiger partial charge on any atom is -0.409 e. The van der Waals surface area contributed by atoms with Gasteiger partial charge in [-0.3, -0.25) is 4.98 Å². The first-order chi connectivity index (χ1) is 9.51. The largest absolute Gasteiger partial charge is 0.409 e. The SMILES string of the molecule is Cc1cc(Sc2ccc(Br)cn2)c(/C(N)=N/O)c(C)n1. The second kappa shape index (κ2) is 6.23. The number of halogens is 1. The van der Waals surface area contributed by atoms with E-state index in [0.29, 0.717) is 5.56 Å². The molecule has 0 aliphatic carbocycles. The lowest BCUT2D eigenvalue weighted by molar-refractivity contribution is 0.318. The van der Waals surface area contributed by atoms with Gasteiger partial charge < -0.3 is 10.9 Å². The zero-order valence-electron chi connectivity index (χ0n) is 11.0. The summed E-state index contributed by atoms with van der Waals surface area (Å²) >= 11 is 4.80. The predicted molar refractivity (Wildman–Crippen MR) is 82.3 cm³/mol. The third-order valence-corrected chi connectivity index (χ3v) is 4.03. The van der Waals surface area contributed by atoms with E-state index in [-0.39, 0.29) is 5.84 Å². The molecule has 7 heteroatoms. The molecule has 0 bridgehead atoms. The molecule has 0 atom stereocenters. The summed E-state index contributed by atoms with van der Waals surface area (Å²) in [5.41, 5.74) is 7.97. The molecule has 0 saturated heterocycles. The number of pyridine rings is 2. The molecule has 0 fully saturated rings. The Hall–Kier alpha value is -1.60. The Balaban J connectivity index is 2.47. The molecule has 0 saturated carbocycles. The molecule has 0 aliphatic heterocycles. The van der Waals surface area contributed by atoms with Crippen molar-refractivity contribution in [3.05, 3.63) is 45.8 Å². The molecule has 2 rings (SSSR count). The maximum atomic E-state index is 8.91. The number of nitrogens with two attached hydrogens (primary N) is 1. The van der Waals surface area contributed by atoms with Crippen molar-refractivity contribution in [3.8, 4) is 0 Å². The van der Waals surface area contributed by atoms with Crippen LogP contribution in [0.25, 0.3) is 0 Å². The van der Waals surface area contributed by atoms with E-state index in [1.54, 1.807) is 6.20 Å². The highest BCUT2D eigenvalue weighted by atomic mass is 79.9. The second-order valence-electron chi connectivity index (χ2n) is 4.12. The first kappa shape index (κ1) is 14.8. The maximum absolute atomic E-state index is 8.91. The Bertz CT molecular complexity index is 658. The molecule has 0 amide bonds. The number of amidine groups is 1. The molecule has 0 spiro atoms. The van der Waals surface area contributed by atoms with Gasteiger partial charge in [0.25, 0.3) is 0 Å². The van der Waals surface area contributed by atoms with Crippen LogP contribution in [0.5, 0.6) is 0 Å². The van der Waals surface area contributed by atoms with Gasteiger partial charge in [-0.2, -0.15) is 0 Å². The second-order valence-corrected chi connectivity index (χ2v) is 6.10. The van der Waals surface area contributed by atoms with E-state index in [4.69, 9.17) is 10.9 Å². The Labute approximate surface area is 129 Å². The highest BCUT2D eigenvalue weighted by Gasteiger charge is 2.14. The van der Waals surface area contributed by atoms with Gasteiger partial charge in [0.1, 0.15) is 5.03 Å². The molecule has 3 N–H and O–H groups in total. The highest BCUT2D eigenvalue weighted by molar-refractivity contribution is 9.10. The number of aromatic nitrogens is 2. The monoisotopic (exact) mass is 352 g/mol. The number of nitrogens with zero attached hydrogens (tertiary/aromatic N) is 3. The highest BCUT2D eigenvalue weighted by Crippen LogP contribution is 2.31. The molecule has 2 aromatic heterocycles. The van der Waals surface area contributed by atoms with Crippen LogP contribution in [0.1, 0.15) is 17.0 Å². The number of hydrogen-bond donors (Lipinski definition) is 2. The Morgan fingerprint density at radius 1 is 1.40 bits per heavy atom. The van der Waals surface area contributed by atoms with E-state index in [0.717, 1.165) is 25.8 Å². The lowest BCUT2D eigenvalue weighted by Gasteiger charge is -2.11. The zero-order valence-corrected chi connectivity index (χ0v) is 13.4. The third kappa shape index (κ3) is 3.29. The van der Waals surface area contributed by atoms with Crippen LogP contribution < -0.4 is 5.73 Å². The van der Waals surface area contributed by atoms with Crippen LogP contribution >= 0.6 is 27.7 Å². The summed E-state index contributed by atoms with van der Waals surface area (Å²) in [6, 6.07) is 5.71. The van der Waals surface area contributed by atoms with Gasteiger partial charge in [0.2, 0.25) is 0 Å². The molecule has 0 aliphatic rings. The van der Waals surface area contributed by atoms with Gasteiger partial charge in [0, 0.05) is 27.0 Å². The molecular weight excluding hydrogens is 340 g/mol. The van der Waals surface area contributed by atoms with Crippen LogP contribution in [0.2, 0.25) is 0 Å². The van der Waals surface area contributed by atoms with Crippen LogP contribution in [0.4, 0.5) is 0 Å². The Morgan fingerprint density at radius 2 is 2.15 bits per heavy atom. The molecule has 20 heavy (non-hydrogen) atoms. The quantitative estimate of drug-likeness (QED) is 0.383. The lowest BCUT2D eigenvalue weighted by Crippen LogP contribution is -2.17. The number of aryl methyl sites for hydroxylation is 2. The van der Waals surface area contributed by atoms with Crippen molar-refractivity contribution < 1.29 is 5.21 Å². The fraction of sp³-hybridized carbons (Fsp3) is 0.154. The van der Waals surface area contributed by atoms with E-state index in [1.807, 2.05) is 32.0 Å². The number of hydrogen-bond acceptors (Lipinski definition) is 5. The van der Waals surface area contributed by atoms with E-state index in [1.165, 1.54) is 11.8 Å². The molecule has 0 radical (unpaired) electrons.